The number of carbonyl (C=O) groups is 1. The number of rotatable bonds is 4. The zero-order valence-corrected chi connectivity index (χ0v) is 11.0. The second-order valence-electron chi connectivity index (χ2n) is 4.93. The van der Waals surface area contributed by atoms with Crippen LogP contribution in [0, 0.1) is 0 Å². The highest BCUT2D eigenvalue weighted by Gasteiger charge is 2.19. The van der Waals surface area contributed by atoms with E-state index in [0.29, 0.717) is 0 Å². The molecule has 1 heterocycles. The van der Waals surface area contributed by atoms with E-state index in [1.54, 1.807) is 0 Å². The van der Waals surface area contributed by atoms with E-state index in [0.717, 1.165) is 44.3 Å². The van der Waals surface area contributed by atoms with Gasteiger partial charge in [0.05, 0.1) is 0 Å². The number of amides is 1. The quantitative estimate of drug-likeness (QED) is 0.857. The highest BCUT2D eigenvalue weighted by molar-refractivity contribution is 5.84. The zero-order valence-electron chi connectivity index (χ0n) is 11.0. The summed E-state index contributed by atoms with van der Waals surface area (Å²) in [6, 6.07) is 8.34. The van der Waals surface area contributed by atoms with Crippen LogP contribution in [0.4, 0.5) is 5.69 Å². The van der Waals surface area contributed by atoms with Crippen molar-refractivity contribution in [2.75, 3.05) is 11.9 Å². The van der Waals surface area contributed by atoms with Crippen molar-refractivity contribution in [3.05, 3.63) is 29.8 Å². The molecule has 98 valence electrons. The van der Waals surface area contributed by atoms with Crippen LogP contribution < -0.4 is 10.6 Å². The topological polar surface area (TPSA) is 41.1 Å². The maximum absolute atomic E-state index is 11.8. The molecule has 2 rings (SSSR count). The van der Waals surface area contributed by atoms with Crippen LogP contribution in [0.2, 0.25) is 0 Å². The summed E-state index contributed by atoms with van der Waals surface area (Å²) in [6.45, 7) is 2.99. The van der Waals surface area contributed by atoms with Gasteiger partial charge in [-0.1, -0.05) is 25.5 Å². The van der Waals surface area contributed by atoms with Gasteiger partial charge >= 0.3 is 0 Å². The van der Waals surface area contributed by atoms with Crippen LogP contribution in [0.3, 0.4) is 0 Å². The van der Waals surface area contributed by atoms with Crippen LogP contribution in [-0.4, -0.2) is 18.5 Å². The maximum Gasteiger partial charge on any atom is 0.242 e. The molecule has 0 radical (unpaired) electrons. The Morgan fingerprint density at radius 1 is 1.28 bits per heavy atom. The van der Waals surface area contributed by atoms with Crippen molar-refractivity contribution in [3.63, 3.8) is 0 Å². The van der Waals surface area contributed by atoms with Gasteiger partial charge in [0.1, 0.15) is 6.04 Å². The van der Waals surface area contributed by atoms with Crippen molar-refractivity contribution >= 4 is 11.6 Å². The van der Waals surface area contributed by atoms with Crippen LogP contribution in [0.5, 0.6) is 0 Å². The molecule has 3 heteroatoms. The van der Waals surface area contributed by atoms with Crippen molar-refractivity contribution < 1.29 is 4.79 Å². The molecule has 1 amide bonds. The summed E-state index contributed by atoms with van der Waals surface area (Å²) in [5, 5.41) is 6.27. The van der Waals surface area contributed by atoms with Gasteiger partial charge in [0, 0.05) is 12.2 Å². The Bertz CT molecular complexity index is 386. The second-order valence-corrected chi connectivity index (χ2v) is 4.93. The summed E-state index contributed by atoms with van der Waals surface area (Å²) in [5.74, 6) is 0.130. The standard InChI is InChI=1S/C15H22N2O/c1-2-5-12-7-9-13(10-8-12)17-14-6-3-4-11-16-15(14)18/h7-10,14,17H,2-6,11H2,1H3,(H,16,18). The molecule has 0 bridgehead atoms. The van der Waals surface area contributed by atoms with E-state index in [1.165, 1.54) is 5.56 Å². The molecule has 3 nitrogen and oxygen atoms in total. The number of nitrogens with one attached hydrogen (secondary N) is 2. The molecule has 1 aromatic rings. The number of carbonyl (C=O) groups excluding carboxylic acids is 1. The number of aryl methyl sites for hydroxylation is 1. The average Bonchev–Trinajstić information content (AvgIpc) is 2.58. The molecule has 1 fully saturated rings. The average molecular weight is 246 g/mol. The van der Waals surface area contributed by atoms with Gasteiger partial charge in [-0.2, -0.15) is 0 Å². The predicted octanol–water partition coefficient (Wildman–Crippen LogP) is 2.72. The van der Waals surface area contributed by atoms with Crippen molar-refractivity contribution in [2.45, 2.75) is 45.1 Å². The Balaban J connectivity index is 1.97. The summed E-state index contributed by atoms with van der Waals surface area (Å²) in [4.78, 5) is 11.8. The lowest BCUT2D eigenvalue weighted by Gasteiger charge is -2.16. The minimum atomic E-state index is -0.0791. The molecule has 0 aromatic heterocycles. The van der Waals surface area contributed by atoms with Crippen LogP contribution in [0.1, 0.15) is 38.2 Å². The van der Waals surface area contributed by atoms with Gasteiger partial charge in [-0.25, -0.2) is 0 Å². The first kappa shape index (κ1) is 12.9. The van der Waals surface area contributed by atoms with Gasteiger partial charge in [0.15, 0.2) is 0 Å². The largest absolute Gasteiger partial charge is 0.374 e. The minimum Gasteiger partial charge on any atom is -0.374 e. The summed E-state index contributed by atoms with van der Waals surface area (Å²) < 4.78 is 0. The van der Waals surface area contributed by atoms with E-state index >= 15 is 0 Å². The third-order valence-electron chi connectivity index (χ3n) is 3.37. The fourth-order valence-electron chi connectivity index (χ4n) is 2.33. The molecule has 1 saturated heterocycles. The first-order valence-corrected chi connectivity index (χ1v) is 6.93. The van der Waals surface area contributed by atoms with Gasteiger partial charge in [0.25, 0.3) is 0 Å². The van der Waals surface area contributed by atoms with E-state index < -0.39 is 0 Å². The molecule has 0 saturated carbocycles. The van der Waals surface area contributed by atoms with Gasteiger partial charge in [-0.05, 0) is 43.4 Å². The molecular formula is C15H22N2O. The Morgan fingerprint density at radius 2 is 2.06 bits per heavy atom. The Kier molecular flexibility index (Phi) is 4.62. The second kappa shape index (κ2) is 6.43. The van der Waals surface area contributed by atoms with Crippen LogP contribution in [-0.2, 0) is 11.2 Å². The number of hydrogen-bond acceptors (Lipinski definition) is 2. The normalized spacial score (nSPS) is 20.1. The fraction of sp³-hybridized carbons (Fsp3) is 0.533. The van der Waals surface area contributed by atoms with E-state index in [-0.39, 0.29) is 11.9 Å². The molecule has 2 N–H and O–H groups in total. The molecular weight excluding hydrogens is 224 g/mol. The van der Waals surface area contributed by atoms with Gasteiger partial charge in [-0.15, -0.1) is 0 Å². The summed E-state index contributed by atoms with van der Waals surface area (Å²) in [7, 11) is 0. The summed E-state index contributed by atoms with van der Waals surface area (Å²) >= 11 is 0. The molecule has 1 atom stereocenters. The molecule has 1 aromatic carbocycles. The molecule has 1 aliphatic rings. The van der Waals surface area contributed by atoms with Gasteiger partial charge in [-0.3, -0.25) is 4.79 Å². The SMILES string of the molecule is CCCc1ccc(NC2CCCCNC2=O)cc1. The Hall–Kier alpha value is -1.51. The molecule has 18 heavy (non-hydrogen) atoms. The Morgan fingerprint density at radius 3 is 2.78 bits per heavy atom. The number of anilines is 1. The number of benzene rings is 1. The van der Waals surface area contributed by atoms with Crippen LogP contribution >= 0.6 is 0 Å². The monoisotopic (exact) mass is 246 g/mol. The third kappa shape index (κ3) is 3.49. The summed E-state index contributed by atoms with van der Waals surface area (Å²) in [5.41, 5.74) is 2.39. The zero-order chi connectivity index (χ0) is 12.8. The maximum atomic E-state index is 11.8. The highest BCUT2D eigenvalue weighted by Crippen LogP contribution is 2.15. The molecule has 0 spiro atoms. The number of hydrogen-bond donors (Lipinski definition) is 2. The van der Waals surface area contributed by atoms with Crippen molar-refractivity contribution in [3.8, 4) is 0 Å². The highest BCUT2D eigenvalue weighted by atomic mass is 16.2. The van der Waals surface area contributed by atoms with Gasteiger partial charge in [0.2, 0.25) is 5.91 Å². The lowest BCUT2D eigenvalue weighted by atomic mass is 10.1. The smallest absolute Gasteiger partial charge is 0.242 e. The van der Waals surface area contributed by atoms with E-state index in [2.05, 4.69) is 41.8 Å². The molecule has 1 unspecified atom stereocenters. The molecule has 0 aliphatic carbocycles. The lowest BCUT2D eigenvalue weighted by Crippen LogP contribution is -2.37. The molecule has 1 aliphatic heterocycles. The first-order chi connectivity index (χ1) is 8.79. The fourth-order valence-corrected chi connectivity index (χ4v) is 2.33. The lowest BCUT2D eigenvalue weighted by molar-refractivity contribution is -0.121. The predicted molar refractivity (Wildman–Crippen MR) is 74.7 cm³/mol. The Labute approximate surface area is 109 Å². The van der Waals surface area contributed by atoms with Crippen molar-refractivity contribution in [2.24, 2.45) is 0 Å². The van der Waals surface area contributed by atoms with E-state index in [1.807, 2.05) is 0 Å². The third-order valence-corrected chi connectivity index (χ3v) is 3.37. The summed E-state index contributed by atoms with van der Waals surface area (Å²) in [6.07, 6.45) is 5.38. The van der Waals surface area contributed by atoms with Crippen LogP contribution in [0.25, 0.3) is 0 Å². The van der Waals surface area contributed by atoms with E-state index in [9.17, 15) is 4.79 Å². The van der Waals surface area contributed by atoms with Crippen LogP contribution in [0.15, 0.2) is 24.3 Å². The minimum absolute atomic E-state index is 0.0791. The van der Waals surface area contributed by atoms with Crippen molar-refractivity contribution in [1.29, 1.82) is 0 Å². The van der Waals surface area contributed by atoms with Crippen molar-refractivity contribution in [1.82, 2.24) is 5.32 Å². The van der Waals surface area contributed by atoms with E-state index in [4.69, 9.17) is 0 Å². The first-order valence-electron chi connectivity index (χ1n) is 6.93. The van der Waals surface area contributed by atoms with Gasteiger partial charge < -0.3 is 10.6 Å².